The Hall–Kier alpha value is -3.50. The van der Waals surface area contributed by atoms with E-state index in [9.17, 15) is 14.9 Å². The van der Waals surface area contributed by atoms with Crippen molar-refractivity contribution in [2.75, 3.05) is 25.6 Å². The molecular formula is C23H23ClN2O5. The zero-order valence-corrected chi connectivity index (χ0v) is 18.3. The van der Waals surface area contributed by atoms with E-state index in [4.69, 9.17) is 21.1 Å². The Labute approximate surface area is 186 Å². The van der Waals surface area contributed by atoms with Crippen LogP contribution in [0.15, 0.2) is 42.0 Å². The number of methoxy groups -OCH3 is 1. The number of anilines is 1. The van der Waals surface area contributed by atoms with Crippen LogP contribution in [-0.2, 0) is 20.7 Å². The zero-order valence-electron chi connectivity index (χ0n) is 17.5. The summed E-state index contributed by atoms with van der Waals surface area (Å²) >= 11 is 6.29. The molecule has 0 bridgehead atoms. The van der Waals surface area contributed by atoms with Gasteiger partial charge in [-0.1, -0.05) is 30.7 Å². The number of nitriles is 1. The number of halogens is 1. The maximum absolute atomic E-state index is 12.5. The van der Waals surface area contributed by atoms with E-state index in [0.29, 0.717) is 17.9 Å². The first-order chi connectivity index (χ1) is 14.9. The van der Waals surface area contributed by atoms with Crippen LogP contribution < -0.4 is 14.8 Å². The number of hydrogen-bond acceptors (Lipinski definition) is 6. The maximum Gasteiger partial charge on any atom is 0.343 e. The summed E-state index contributed by atoms with van der Waals surface area (Å²) < 4.78 is 15.5. The van der Waals surface area contributed by atoms with Crippen molar-refractivity contribution in [3.05, 3.63) is 58.1 Å². The molecule has 0 spiro atoms. The van der Waals surface area contributed by atoms with Gasteiger partial charge in [0, 0.05) is 5.69 Å². The molecule has 0 heterocycles. The minimum atomic E-state index is -0.571. The molecule has 0 fully saturated rings. The number of rotatable bonds is 9. The summed E-state index contributed by atoms with van der Waals surface area (Å²) in [7, 11) is 1.25. The van der Waals surface area contributed by atoms with Gasteiger partial charge < -0.3 is 19.5 Å². The number of nitrogens with zero attached hydrogens (tertiary/aromatic N) is 1. The second kappa shape index (κ2) is 11.6. The predicted molar refractivity (Wildman–Crippen MR) is 118 cm³/mol. The predicted octanol–water partition coefficient (Wildman–Crippen LogP) is 4.40. The second-order valence-corrected chi connectivity index (χ2v) is 6.71. The fourth-order valence-corrected chi connectivity index (χ4v) is 2.88. The van der Waals surface area contributed by atoms with Crippen molar-refractivity contribution < 1.29 is 23.8 Å². The molecule has 7 nitrogen and oxygen atoms in total. The van der Waals surface area contributed by atoms with Gasteiger partial charge in [-0.15, -0.1) is 0 Å². The topological polar surface area (TPSA) is 97.6 Å². The van der Waals surface area contributed by atoms with E-state index in [2.05, 4.69) is 10.1 Å². The minimum absolute atomic E-state index is 0.110. The summed E-state index contributed by atoms with van der Waals surface area (Å²) in [5, 5.41) is 12.3. The third-order valence-corrected chi connectivity index (χ3v) is 4.47. The Morgan fingerprint density at radius 1 is 1.16 bits per heavy atom. The van der Waals surface area contributed by atoms with E-state index in [0.717, 1.165) is 12.0 Å². The molecule has 0 aliphatic heterocycles. The molecule has 1 N–H and O–H groups in total. The van der Waals surface area contributed by atoms with Crippen molar-refractivity contribution in [2.45, 2.75) is 20.3 Å². The summed E-state index contributed by atoms with van der Waals surface area (Å²) in [5.74, 6) is -0.673. The lowest BCUT2D eigenvalue weighted by Crippen LogP contribution is -2.14. The largest absolute Gasteiger partial charge is 0.490 e. The highest BCUT2D eigenvalue weighted by Crippen LogP contribution is 2.37. The third kappa shape index (κ3) is 6.76. The maximum atomic E-state index is 12.5. The normalized spacial score (nSPS) is 10.7. The summed E-state index contributed by atoms with van der Waals surface area (Å²) in [5.41, 5.74) is 2.08. The molecule has 2 rings (SSSR count). The second-order valence-electron chi connectivity index (χ2n) is 6.30. The van der Waals surface area contributed by atoms with Gasteiger partial charge in [0.2, 0.25) is 0 Å². The van der Waals surface area contributed by atoms with Crippen molar-refractivity contribution in [1.29, 1.82) is 5.26 Å². The number of esters is 1. The monoisotopic (exact) mass is 442 g/mol. The first-order valence-electron chi connectivity index (χ1n) is 9.59. The summed E-state index contributed by atoms with van der Waals surface area (Å²) in [6, 6.07) is 12.4. The van der Waals surface area contributed by atoms with Crippen molar-refractivity contribution in [3.8, 4) is 17.6 Å². The summed E-state index contributed by atoms with van der Waals surface area (Å²) in [4.78, 5) is 23.9. The molecule has 31 heavy (non-hydrogen) atoms. The highest BCUT2D eigenvalue weighted by molar-refractivity contribution is 6.32. The van der Waals surface area contributed by atoms with Crippen LogP contribution in [-0.4, -0.2) is 32.2 Å². The molecule has 0 radical (unpaired) electrons. The van der Waals surface area contributed by atoms with E-state index >= 15 is 0 Å². The first kappa shape index (κ1) is 23.8. The quantitative estimate of drug-likeness (QED) is 0.351. The van der Waals surface area contributed by atoms with Gasteiger partial charge in [0.05, 0.1) is 18.7 Å². The number of amides is 1. The number of ether oxygens (including phenoxy) is 3. The summed E-state index contributed by atoms with van der Waals surface area (Å²) in [6.07, 6.45) is 2.29. The molecule has 0 aliphatic rings. The van der Waals surface area contributed by atoms with E-state index in [1.165, 1.54) is 19.3 Å². The van der Waals surface area contributed by atoms with Crippen LogP contribution in [0.4, 0.5) is 5.69 Å². The molecule has 0 atom stereocenters. The number of aryl methyl sites for hydroxylation is 1. The van der Waals surface area contributed by atoms with Crippen LogP contribution in [0.1, 0.15) is 25.0 Å². The average molecular weight is 443 g/mol. The van der Waals surface area contributed by atoms with Crippen molar-refractivity contribution in [2.24, 2.45) is 0 Å². The van der Waals surface area contributed by atoms with Crippen LogP contribution in [0.2, 0.25) is 5.02 Å². The highest BCUT2D eigenvalue weighted by atomic mass is 35.5. The van der Waals surface area contributed by atoms with Crippen LogP contribution in [0.25, 0.3) is 6.08 Å². The van der Waals surface area contributed by atoms with Gasteiger partial charge in [0.25, 0.3) is 5.91 Å². The molecule has 0 unspecified atom stereocenters. The van der Waals surface area contributed by atoms with E-state index in [1.807, 2.05) is 25.1 Å². The van der Waals surface area contributed by atoms with E-state index < -0.39 is 11.9 Å². The molecule has 0 saturated heterocycles. The molecule has 0 aromatic heterocycles. The first-order valence-corrected chi connectivity index (χ1v) is 9.97. The van der Waals surface area contributed by atoms with Gasteiger partial charge in [0.15, 0.2) is 18.1 Å². The van der Waals surface area contributed by atoms with Crippen molar-refractivity contribution in [1.82, 2.24) is 0 Å². The fraction of sp³-hybridized carbons (Fsp3) is 0.261. The van der Waals surface area contributed by atoms with Crippen molar-refractivity contribution >= 4 is 35.2 Å². The van der Waals surface area contributed by atoms with Gasteiger partial charge in [-0.3, -0.25) is 4.79 Å². The van der Waals surface area contributed by atoms with Crippen molar-refractivity contribution in [3.63, 3.8) is 0 Å². The van der Waals surface area contributed by atoms with E-state index in [1.54, 1.807) is 25.1 Å². The Morgan fingerprint density at radius 2 is 1.87 bits per heavy atom. The van der Waals surface area contributed by atoms with Crippen LogP contribution in [0.5, 0.6) is 11.5 Å². The molecule has 162 valence electrons. The van der Waals surface area contributed by atoms with E-state index in [-0.39, 0.29) is 28.7 Å². The highest BCUT2D eigenvalue weighted by Gasteiger charge is 2.16. The average Bonchev–Trinajstić information content (AvgIpc) is 2.77. The lowest BCUT2D eigenvalue weighted by molar-refractivity contribution is -0.142. The molecule has 1 amide bonds. The van der Waals surface area contributed by atoms with Gasteiger partial charge >= 0.3 is 5.97 Å². The smallest absolute Gasteiger partial charge is 0.343 e. The lowest BCUT2D eigenvalue weighted by Gasteiger charge is -2.14. The molecule has 2 aromatic rings. The Morgan fingerprint density at radius 3 is 2.45 bits per heavy atom. The number of nitrogens with one attached hydrogen (secondary N) is 1. The van der Waals surface area contributed by atoms with Gasteiger partial charge in [-0.2, -0.15) is 5.26 Å². The Bertz CT molecular complexity index is 1010. The number of carbonyl (C=O) groups is 2. The van der Waals surface area contributed by atoms with Gasteiger partial charge in [-0.25, -0.2) is 4.79 Å². The molecule has 0 saturated carbocycles. The molecule has 8 heteroatoms. The van der Waals surface area contributed by atoms with Gasteiger partial charge in [0.1, 0.15) is 11.6 Å². The minimum Gasteiger partial charge on any atom is -0.490 e. The number of hydrogen-bond donors (Lipinski definition) is 1. The van der Waals surface area contributed by atoms with Crippen LogP contribution in [0.3, 0.4) is 0 Å². The molecular weight excluding hydrogens is 420 g/mol. The van der Waals surface area contributed by atoms with Crippen LogP contribution in [0, 0.1) is 11.3 Å². The SMILES string of the molecule is CCOc1cc(/C=C(\C#N)C(=O)Nc2ccc(CC)cc2)cc(Cl)c1OCC(=O)OC. The molecule has 0 aliphatic carbocycles. The Balaban J connectivity index is 2.28. The standard InChI is InChI=1S/C23H23ClN2O5/c1-4-15-6-8-18(9-7-15)26-23(28)17(13-25)10-16-11-19(24)22(20(12-16)30-5-2)31-14-21(27)29-3/h6-12H,4-5,14H2,1-3H3,(H,26,28)/b17-10+. The zero-order chi connectivity index (χ0) is 22.8. The summed E-state index contributed by atoms with van der Waals surface area (Å²) in [6.45, 7) is 3.79. The Kier molecular flexibility index (Phi) is 8.92. The fourth-order valence-electron chi connectivity index (χ4n) is 2.60. The van der Waals surface area contributed by atoms with Crippen LogP contribution >= 0.6 is 11.6 Å². The number of benzene rings is 2. The van der Waals surface area contributed by atoms with Gasteiger partial charge in [-0.05, 0) is 54.8 Å². The lowest BCUT2D eigenvalue weighted by atomic mass is 10.1. The number of carbonyl (C=O) groups excluding carboxylic acids is 2. The molecule has 2 aromatic carbocycles. The third-order valence-electron chi connectivity index (χ3n) is 4.19.